The lowest BCUT2D eigenvalue weighted by atomic mass is 9.37. The van der Waals surface area contributed by atoms with E-state index in [1.54, 1.807) is 13.8 Å². The fourth-order valence-electron chi connectivity index (χ4n) is 9.24. The zero-order valence-electron chi connectivity index (χ0n) is 24.5. The molecule has 5 rings (SSSR count). The highest BCUT2D eigenvalue weighted by Gasteiger charge is 2.82. The van der Waals surface area contributed by atoms with E-state index in [0.717, 1.165) is 0 Å². The summed E-state index contributed by atoms with van der Waals surface area (Å²) in [6.07, 6.45) is -0.889. The third kappa shape index (κ3) is 3.53. The molecule has 1 N–H and O–H groups in total. The Morgan fingerprint density at radius 3 is 2.12 bits per heavy atom. The minimum absolute atomic E-state index is 0.0564. The molecular weight excluding hydrogens is 520 g/mol. The average molecular weight is 563 g/mol. The fraction of sp³-hybridized carbons (Fsp3) is 0.800. The number of rotatable bonds is 5. The summed E-state index contributed by atoms with van der Waals surface area (Å²) in [4.78, 5) is 51.7. The van der Waals surface area contributed by atoms with Gasteiger partial charge in [-0.25, -0.2) is 4.79 Å². The van der Waals surface area contributed by atoms with Crippen molar-refractivity contribution in [2.75, 3.05) is 7.11 Å². The van der Waals surface area contributed by atoms with Gasteiger partial charge in [-0.15, -0.1) is 0 Å². The number of esters is 4. The van der Waals surface area contributed by atoms with Crippen LogP contribution in [0.1, 0.15) is 80.1 Å². The number of methoxy groups -OCH3 is 1. The normalized spacial score (nSPS) is 48.8. The second-order valence-electron chi connectivity index (χ2n) is 13.3. The minimum atomic E-state index is -1.67. The molecule has 1 spiro atoms. The summed E-state index contributed by atoms with van der Waals surface area (Å²) in [5, 5.41) is 13.2. The van der Waals surface area contributed by atoms with Gasteiger partial charge >= 0.3 is 23.9 Å². The fourth-order valence-corrected chi connectivity index (χ4v) is 9.24. The number of carbonyl (C=O) groups is 4. The maximum Gasteiger partial charge on any atom is 0.341 e. The highest BCUT2D eigenvalue weighted by atomic mass is 16.7. The standard InChI is InChI=1S/C30H42O10/c1-15-19-9-12-30(35)27(6)20(13-22(37-17(3)31)29(30,14-19)23(15)38-18(4)32)26(5,24(33)36-8)11-10-21(27)39-25(34)28(7)16(2)40-28/h16,19-23,35H,1,9-14H2,2-8H3/t16-,19-,20-,21-,22+,23-,26-,27+,28+,29-,30-/m1/s1. The summed E-state index contributed by atoms with van der Waals surface area (Å²) in [5.41, 5.74) is -5.59. The van der Waals surface area contributed by atoms with Crippen LogP contribution in [0.3, 0.4) is 0 Å². The highest BCUT2D eigenvalue weighted by molar-refractivity contribution is 5.83. The van der Waals surface area contributed by atoms with Crippen LogP contribution in [-0.2, 0) is 42.9 Å². The smallest absolute Gasteiger partial charge is 0.341 e. The monoisotopic (exact) mass is 562 g/mol. The third-order valence-electron chi connectivity index (χ3n) is 11.6. The Labute approximate surface area is 235 Å². The quantitative estimate of drug-likeness (QED) is 0.230. The van der Waals surface area contributed by atoms with Crippen molar-refractivity contribution in [3.8, 4) is 0 Å². The van der Waals surface area contributed by atoms with Crippen LogP contribution in [-0.4, -0.2) is 71.7 Å². The molecule has 10 nitrogen and oxygen atoms in total. The second kappa shape index (κ2) is 9.02. The second-order valence-corrected chi connectivity index (χ2v) is 13.3. The third-order valence-corrected chi connectivity index (χ3v) is 11.6. The topological polar surface area (TPSA) is 138 Å². The number of hydrogen-bond acceptors (Lipinski definition) is 10. The van der Waals surface area contributed by atoms with Crippen LogP contribution >= 0.6 is 0 Å². The first-order valence-electron chi connectivity index (χ1n) is 14.3. The molecule has 40 heavy (non-hydrogen) atoms. The lowest BCUT2D eigenvalue weighted by Crippen LogP contribution is -2.78. The largest absolute Gasteiger partial charge is 0.469 e. The number of ether oxygens (including phenoxy) is 5. The van der Waals surface area contributed by atoms with Crippen molar-refractivity contribution in [1.29, 1.82) is 0 Å². The molecule has 4 saturated carbocycles. The molecule has 0 radical (unpaired) electrons. The zero-order chi connectivity index (χ0) is 29.6. The van der Waals surface area contributed by atoms with Gasteiger partial charge in [0.25, 0.3) is 0 Å². The van der Waals surface area contributed by atoms with Crippen molar-refractivity contribution in [1.82, 2.24) is 0 Å². The Hall–Kier alpha value is -2.46. The van der Waals surface area contributed by atoms with Gasteiger partial charge in [0, 0.05) is 19.3 Å². The number of fused-ring (bicyclic) bond motifs is 3. The number of aliphatic hydroxyl groups is 1. The number of carbonyl (C=O) groups excluding carboxylic acids is 4. The van der Waals surface area contributed by atoms with Crippen molar-refractivity contribution in [3.63, 3.8) is 0 Å². The van der Waals surface area contributed by atoms with Crippen LogP contribution in [0.2, 0.25) is 0 Å². The lowest BCUT2D eigenvalue weighted by Gasteiger charge is -2.70. The van der Waals surface area contributed by atoms with Gasteiger partial charge in [-0.3, -0.25) is 14.4 Å². The zero-order valence-corrected chi connectivity index (χ0v) is 24.5. The summed E-state index contributed by atoms with van der Waals surface area (Å²) < 4.78 is 29.0. The van der Waals surface area contributed by atoms with Crippen LogP contribution in [0.25, 0.3) is 0 Å². The first kappa shape index (κ1) is 29.0. The van der Waals surface area contributed by atoms with Crippen molar-refractivity contribution in [2.45, 2.75) is 116 Å². The molecule has 0 unspecified atom stereocenters. The van der Waals surface area contributed by atoms with Crippen molar-refractivity contribution in [2.24, 2.45) is 28.1 Å². The van der Waals surface area contributed by atoms with E-state index in [9.17, 15) is 24.3 Å². The summed E-state index contributed by atoms with van der Waals surface area (Å²) in [7, 11) is 1.33. The molecular formula is C30H42O10. The Kier molecular flexibility index (Phi) is 6.55. The van der Waals surface area contributed by atoms with Gasteiger partial charge in [0.15, 0.2) is 5.60 Å². The Morgan fingerprint density at radius 1 is 0.950 bits per heavy atom. The maximum atomic E-state index is 13.4. The molecule has 1 heterocycles. The van der Waals surface area contributed by atoms with Crippen LogP contribution < -0.4 is 0 Å². The van der Waals surface area contributed by atoms with Gasteiger partial charge < -0.3 is 28.8 Å². The molecule has 5 fully saturated rings. The minimum Gasteiger partial charge on any atom is -0.469 e. The van der Waals surface area contributed by atoms with Crippen molar-refractivity contribution >= 4 is 23.9 Å². The van der Waals surface area contributed by atoms with E-state index in [2.05, 4.69) is 6.58 Å². The first-order chi connectivity index (χ1) is 18.5. The average Bonchev–Trinajstić information content (AvgIpc) is 3.44. The van der Waals surface area contributed by atoms with E-state index in [1.165, 1.54) is 21.0 Å². The van der Waals surface area contributed by atoms with Crippen LogP contribution in [0.5, 0.6) is 0 Å². The predicted molar refractivity (Wildman–Crippen MR) is 139 cm³/mol. The molecule has 0 aromatic heterocycles. The molecule has 222 valence electrons. The molecule has 11 atom stereocenters. The first-order valence-corrected chi connectivity index (χ1v) is 14.3. The Balaban J connectivity index is 1.71. The highest BCUT2D eigenvalue weighted by Crippen LogP contribution is 2.75. The molecule has 5 aliphatic rings. The van der Waals surface area contributed by atoms with E-state index >= 15 is 0 Å². The molecule has 0 amide bonds. The van der Waals surface area contributed by atoms with E-state index in [4.69, 9.17) is 23.7 Å². The maximum absolute atomic E-state index is 13.4. The molecule has 1 aliphatic heterocycles. The predicted octanol–water partition coefficient (Wildman–Crippen LogP) is 3.03. The van der Waals surface area contributed by atoms with E-state index in [-0.39, 0.29) is 24.9 Å². The van der Waals surface area contributed by atoms with E-state index in [1.807, 2.05) is 13.8 Å². The van der Waals surface area contributed by atoms with Gasteiger partial charge in [0.05, 0.1) is 29.6 Å². The molecule has 10 heteroatoms. The lowest BCUT2D eigenvalue weighted by molar-refractivity contribution is -0.332. The molecule has 0 aromatic rings. The Morgan fingerprint density at radius 2 is 1.57 bits per heavy atom. The molecule has 1 saturated heterocycles. The molecule has 0 aromatic carbocycles. The van der Waals surface area contributed by atoms with Crippen LogP contribution in [0.15, 0.2) is 12.2 Å². The Bertz CT molecular complexity index is 1170. The van der Waals surface area contributed by atoms with E-state index < -0.39 is 75.6 Å². The van der Waals surface area contributed by atoms with Crippen molar-refractivity contribution < 1.29 is 48.0 Å². The van der Waals surface area contributed by atoms with Gasteiger partial charge in [-0.2, -0.15) is 0 Å². The van der Waals surface area contributed by atoms with Gasteiger partial charge in [-0.1, -0.05) is 13.5 Å². The summed E-state index contributed by atoms with van der Waals surface area (Å²) in [6, 6.07) is 0. The van der Waals surface area contributed by atoms with Gasteiger partial charge in [0.2, 0.25) is 0 Å². The van der Waals surface area contributed by atoms with Crippen LogP contribution in [0.4, 0.5) is 0 Å². The van der Waals surface area contributed by atoms with Crippen LogP contribution in [0, 0.1) is 28.1 Å². The summed E-state index contributed by atoms with van der Waals surface area (Å²) >= 11 is 0. The molecule has 4 aliphatic carbocycles. The van der Waals surface area contributed by atoms with Crippen molar-refractivity contribution in [3.05, 3.63) is 12.2 Å². The number of hydrogen-bond donors (Lipinski definition) is 1. The summed E-state index contributed by atoms with van der Waals surface area (Å²) in [5.74, 6) is -2.71. The number of epoxide rings is 1. The van der Waals surface area contributed by atoms with E-state index in [0.29, 0.717) is 31.3 Å². The summed E-state index contributed by atoms with van der Waals surface area (Å²) in [6.45, 7) is 14.0. The molecule has 2 bridgehead atoms. The SMILES string of the molecule is C=C1[C@@H]2CC[C@@]3(O)[C@]4(C)[C@H](OC(=O)[C@@]5(C)O[C@@H]5C)CC[C@@](C)(C(=O)OC)[C@H]4C[C@H](OC(C)=O)[C@]3(C2)[C@@H]1OC(C)=O. The van der Waals surface area contributed by atoms with Gasteiger partial charge in [-0.05, 0) is 76.7 Å². The van der Waals surface area contributed by atoms with Gasteiger partial charge in [0.1, 0.15) is 18.3 Å².